The normalized spacial score (nSPS) is 27.8. The minimum atomic E-state index is -0.258. The van der Waals surface area contributed by atoms with Gasteiger partial charge in [-0.1, -0.05) is 12.1 Å². The number of carbonyl (C=O) groups excluding carboxylic acids is 1. The van der Waals surface area contributed by atoms with Crippen molar-refractivity contribution in [3.8, 4) is 0 Å². The maximum Gasteiger partial charge on any atom is 0.224 e. The first kappa shape index (κ1) is 12.6. The molecule has 0 radical (unpaired) electrons. The van der Waals surface area contributed by atoms with Crippen molar-refractivity contribution in [3.05, 3.63) is 29.3 Å². The molecule has 2 unspecified atom stereocenters. The number of amides is 1. The van der Waals surface area contributed by atoms with Gasteiger partial charge >= 0.3 is 0 Å². The third kappa shape index (κ3) is 2.26. The molecule has 0 aliphatic carbocycles. The molecule has 0 aromatic heterocycles. The van der Waals surface area contributed by atoms with Crippen LogP contribution < -0.4 is 11.1 Å². The average Bonchev–Trinajstić information content (AvgIpc) is 2.85. The fourth-order valence-corrected chi connectivity index (χ4v) is 3.00. The van der Waals surface area contributed by atoms with Gasteiger partial charge in [-0.05, 0) is 43.4 Å². The zero-order chi connectivity index (χ0) is 13.5. The smallest absolute Gasteiger partial charge is 0.224 e. The monoisotopic (exact) mass is 260 g/mol. The fourth-order valence-electron chi connectivity index (χ4n) is 3.00. The highest BCUT2D eigenvalue weighted by molar-refractivity contribution is 5.93. The number of nitrogens with one attached hydrogen (secondary N) is 1. The summed E-state index contributed by atoms with van der Waals surface area (Å²) in [6.45, 7) is 2.89. The minimum absolute atomic E-state index is 0.0932. The van der Waals surface area contributed by atoms with Crippen molar-refractivity contribution in [2.75, 3.05) is 11.9 Å². The summed E-state index contributed by atoms with van der Waals surface area (Å²) in [5.74, 6) is 0.0932. The van der Waals surface area contributed by atoms with Crippen LogP contribution in [0.25, 0.3) is 0 Å². The molecule has 1 aromatic carbocycles. The van der Waals surface area contributed by atoms with Gasteiger partial charge in [0, 0.05) is 18.7 Å². The van der Waals surface area contributed by atoms with Crippen LogP contribution in [0.5, 0.6) is 0 Å². The molecule has 102 valence electrons. The molecule has 4 nitrogen and oxygen atoms in total. The third-order valence-corrected chi connectivity index (χ3v) is 4.29. The van der Waals surface area contributed by atoms with Crippen molar-refractivity contribution < 1.29 is 9.53 Å². The highest BCUT2D eigenvalue weighted by Gasteiger charge is 2.37. The van der Waals surface area contributed by atoms with E-state index in [0.29, 0.717) is 6.42 Å². The van der Waals surface area contributed by atoms with Gasteiger partial charge in [-0.2, -0.15) is 0 Å². The number of anilines is 1. The quantitative estimate of drug-likeness (QED) is 0.856. The Hall–Kier alpha value is -1.39. The molecule has 3 N–H and O–H groups in total. The minimum Gasteiger partial charge on any atom is -0.373 e. The van der Waals surface area contributed by atoms with Gasteiger partial charge in [-0.25, -0.2) is 0 Å². The van der Waals surface area contributed by atoms with E-state index in [1.807, 2.05) is 12.1 Å². The molecular formula is C15H20N2O2. The Bertz CT molecular complexity index is 507. The highest BCUT2D eigenvalue weighted by atomic mass is 16.5. The standard InChI is InChI=1S/C15H20N2O2/c1-15(7-2-8-19-15)14(16)11-3-5-12-10(9-11)4-6-13(18)17-12/h3,5,9,14H,2,4,6-8,16H2,1H3,(H,17,18). The molecule has 1 fully saturated rings. The molecule has 1 aromatic rings. The van der Waals surface area contributed by atoms with Crippen molar-refractivity contribution >= 4 is 11.6 Å². The number of aryl methyl sites for hydroxylation is 1. The summed E-state index contributed by atoms with van der Waals surface area (Å²) >= 11 is 0. The van der Waals surface area contributed by atoms with Crippen LogP contribution in [-0.2, 0) is 16.0 Å². The van der Waals surface area contributed by atoms with Crippen LogP contribution >= 0.6 is 0 Å². The van der Waals surface area contributed by atoms with E-state index in [9.17, 15) is 4.79 Å². The van der Waals surface area contributed by atoms with Crippen LogP contribution in [-0.4, -0.2) is 18.1 Å². The SMILES string of the molecule is CC1(C(N)c2ccc3c(c2)CCC(=O)N3)CCCO1. The van der Waals surface area contributed by atoms with Crippen LogP contribution in [0, 0.1) is 0 Å². The molecule has 2 atom stereocenters. The second kappa shape index (κ2) is 4.62. The topological polar surface area (TPSA) is 64.4 Å². The molecule has 2 heterocycles. The number of ether oxygens (including phenoxy) is 1. The van der Waals surface area contributed by atoms with Crippen LogP contribution in [0.3, 0.4) is 0 Å². The summed E-state index contributed by atoms with van der Waals surface area (Å²) in [6, 6.07) is 5.96. The van der Waals surface area contributed by atoms with E-state index in [0.717, 1.165) is 37.1 Å². The molecule has 1 saturated heterocycles. The van der Waals surface area contributed by atoms with Gasteiger partial charge < -0.3 is 15.8 Å². The molecule has 2 aliphatic rings. The Morgan fingerprint density at radius 1 is 1.42 bits per heavy atom. The second-order valence-corrected chi connectivity index (χ2v) is 5.71. The summed E-state index contributed by atoms with van der Waals surface area (Å²) in [5.41, 5.74) is 9.32. The van der Waals surface area contributed by atoms with E-state index in [1.54, 1.807) is 0 Å². The van der Waals surface area contributed by atoms with E-state index in [2.05, 4.69) is 18.3 Å². The first-order chi connectivity index (χ1) is 9.08. The number of rotatable bonds is 2. The maximum absolute atomic E-state index is 11.3. The van der Waals surface area contributed by atoms with Crippen molar-refractivity contribution in [1.29, 1.82) is 0 Å². The van der Waals surface area contributed by atoms with E-state index >= 15 is 0 Å². The summed E-state index contributed by atoms with van der Waals surface area (Å²) in [6.07, 6.45) is 3.42. The van der Waals surface area contributed by atoms with Crippen molar-refractivity contribution in [2.45, 2.75) is 44.2 Å². The average molecular weight is 260 g/mol. The molecule has 0 spiro atoms. The molecule has 2 aliphatic heterocycles. The number of hydrogen-bond acceptors (Lipinski definition) is 3. The number of carbonyl (C=O) groups is 1. The van der Waals surface area contributed by atoms with E-state index in [4.69, 9.17) is 10.5 Å². The Kier molecular flexibility index (Phi) is 3.07. The third-order valence-electron chi connectivity index (χ3n) is 4.29. The zero-order valence-electron chi connectivity index (χ0n) is 11.2. The molecule has 1 amide bonds. The molecule has 0 bridgehead atoms. The molecule has 3 rings (SSSR count). The highest BCUT2D eigenvalue weighted by Crippen LogP contribution is 2.37. The fraction of sp³-hybridized carbons (Fsp3) is 0.533. The van der Waals surface area contributed by atoms with Gasteiger partial charge in [0.05, 0.1) is 11.6 Å². The lowest BCUT2D eigenvalue weighted by atomic mass is 9.87. The van der Waals surface area contributed by atoms with Crippen LogP contribution in [0.2, 0.25) is 0 Å². The molecule has 4 heteroatoms. The summed E-state index contributed by atoms with van der Waals surface area (Å²) in [5, 5.41) is 2.89. The summed E-state index contributed by atoms with van der Waals surface area (Å²) in [4.78, 5) is 11.3. The van der Waals surface area contributed by atoms with Gasteiger partial charge in [-0.3, -0.25) is 4.79 Å². The number of benzene rings is 1. The zero-order valence-corrected chi connectivity index (χ0v) is 11.2. The van der Waals surface area contributed by atoms with Gasteiger partial charge in [0.25, 0.3) is 0 Å². The van der Waals surface area contributed by atoms with Crippen LogP contribution in [0.4, 0.5) is 5.69 Å². The van der Waals surface area contributed by atoms with E-state index in [1.165, 1.54) is 5.56 Å². The lowest BCUT2D eigenvalue weighted by Crippen LogP contribution is -2.37. The van der Waals surface area contributed by atoms with Crippen molar-refractivity contribution in [1.82, 2.24) is 0 Å². The molecular weight excluding hydrogens is 240 g/mol. The van der Waals surface area contributed by atoms with Gasteiger partial charge in [0.15, 0.2) is 0 Å². The van der Waals surface area contributed by atoms with Crippen molar-refractivity contribution in [3.63, 3.8) is 0 Å². The van der Waals surface area contributed by atoms with Crippen LogP contribution in [0.1, 0.15) is 43.4 Å². The lowest BCUT2D eigenvalue weighted by molar-refractivity contribution is -0.116. The maximum atomic E-state index is 11.3. The van der Waals surface area contributed by atoms with E-state index in [-0.39, 0.29) is 17.6 Å². The van der Waals surface area contributed by atoms with Crippen molar-refractivity contribution in [2.24, 2.45) is 5.73 Å². The second-order valence-electron chi connectivity index (χ2n) is 5.71. The number of fused-ring (bicyclic) bond motifs is 1. The Balaban J connectivity index is 1.88. The lowest BCUT2D eigenvalue weighted by Gasteiger charge is -2.31. The van der Waals surface area contributed by atoms with Crippen LogP contribution in [0.15, 0.2) is 18.2 Å². The van der Waals surface area contributed by atoms with E-state index < -0.39 is 0 Å². The molecule has 0 saturated carbocycles. The number of nitrogens with two attached hydrogens (primary N) is 1. The first-order valence-electron chi connectivity index (χ1n) is 6.91. The Morgan fingerprint density at radius 2 is 2.26 bits per heavy atom. The predicted molar refractivity (Wildman–Crippen MR) is 73.9 cm³/mol. The predicted octanol–water partition coefficient (Wildman–Crippen LogP) is 2.14. The first-order valence-corrected chi connectivity index (χ1v) is 6.91. The summed E-state index contributed by atoms with van der Waals surface area (Å²) < 4.78 is 5.82. The Labute approximate surface area is 113 Å². The van der Waals surface area contributed by atoms with Gasteiger partial charge in [0.2, 0.25) is 5.91 Å². The van der Waals surface area contributed by atoms with Gasteiger partial charge in [-0.15, -0.1) is 0 Å². The Morgan fingerprint density at radius 3 is 3.00 bits per heavy atom. The number of hydrogen-bond donors (Lipinski definition) is 2. The van der Waals surface area contributed by atoms with Gasteiger partial charge in [0.1, 0.15) is 0 Å². The summed E-state index contributed by atoms with van der Waals surface area (Å²) in [7, 11) is 0. The largest absolute Gasteiger partial charge is 0.373 e. The molecule has 19 heavy (non-hydrogen) atoms.